The quantitative estimate of drug-likeness (QED) is 0.606. The maximum atomic E-state index is 12.4. The van der Waals surface area contributed by atoms with Gasteiger partial charge in [0, 0.05) is 24.5 Å². The second-order valence-corrected chi connectivity index (χ2v) is 8.64. The molecule has 32 heavy (non-hydrogen) atoms. The first kappa shape index (κ1) is 24.3. The van der Waals surface area contributed by atoms with Gasteiger partial charge in [-0.2, -0.15) is 0 Å². The molecule has 9 heteroatoms. The van der Waals surface area contributed by atoms with Crippen molar-refractivity contribution in [1.29, 1.82) is 0 Å². The Morgan fingerprint density at radius 1 is 1.03 bits per heavy atom. The van der Waals surface area contributed by atoms with Crippen LogP contribution in [0.15, 0.2) is 42.5 Å². The van der Waals surface area contributed by atoms with Crippen LogP contribution in [0.2, 0.25) is 10.0 Å². The fourth-order valence-electron chi connectivity index (χ4n) is 3.48. The monoisotopic (exact) mass is 478 g/mol. The van der Waals surface area contributed by atoms with Crippen molar-refractivity contribution in [3.05, 3.63) is 58.1 Å². The highest BCUT2D eigenvalue weighted by Crippen LogP contribution is 2.25. The van der Waals surface area contributed by atoms with Gasteiger partial charge in [-0.1, -0.05) is 29.3 Å². The van der Waals surface area contributed by atoms with Crippen molar-refractivity contribution < 1.29 is 14.3 Å². The van der Waals surface area contributed by atoms with Crippen LogP contribution in [0, 0.1) is 0 Å². The smallest absolute Gasteiger partial charge is 0.238 e. The summed E-state index contributed by atoms with van der Waals surface area (Å²) in [6.45, 7) is 5.24. The number of ether oxygens (including phenoxy) is 1. The van der Waals surface area contributed by atoms with E-state index in [4.69, 9.17) is 27.9 Å². The Hall–Kier alpha value is -2.32. The van der Waals surface area contributed by atoms with Gasteiger partial charge in [0.05, 0.1) is 42.4 Å². The average Bonchev–Trinajstić information content (AvgIpc) is 2.76. The number of carbonyl (C=O) groups is 2. The van der Waals surface area contributed by atoms with Crippen LogP contribution in [0.25, 0.3) is 0 Å². The zero-order valence-corrected chi connectivity index (χ0v) is 19.7. The van der Waals surface area contributed by atoms with Gasteiger partial charge >= 0.3 is 0 Å². The summed E-state index contributed by atoms with van der Waals surface area (Å²) < 4.78 is 5.37. The van der Waals surface area contributed by atoms with Crippen molar-refractivity contribution >= 4 is 46.4 Å². The number of morpholine rings is 1. The highest BCUT2D eigenvalue weighted by atomic mass is 35.5. The van der Waals surface area contributed by atoms with E-state index in [0.29, 0.717) is 10.0 Å². The molecular weight excluding hydrogens is 451 g/mol. The molecule has 3 rings (SSSR count). The lowest BCUT2D eigenvalue weighted by molar-refractivity contribution is -0.123. The molecule has 0 aliphatic carbocycles. The van der Waals surface area contributed by atoms with Crippen LogP contribution in [-0.2, 0) is 14.3 Å². The number of carbonyl (C=O) groups excluding carboxylic acids is 2. The highest BCUT2D eigenvalue weighted by Gasteiger charge is 2.15. The van der Waals surface area contributed by atoms with Crippen LogP contribution in [-0.4, -0.2) is 63.2 Å². The van der Waals surface area contributed by atoms with Crippen molar-refractivity contribution in [3.63, 3.8) is 0 Å². The van der Waals surface area contributed by atoms with E-state index in [1.807, 2.05) is 37.3 Å². The van der Waals surface area contributed by atoms with Gasteiger partial charge in [0.15, 0.2) is 0 Å². The van der Waals surface area contributed by atoms with Crippen molar-refractivity contribution in [1.82, 2.24) is 10.2 Å². The molecular formula is C23H28Cl2N4O3. The fourth-order valence-corrected chi connectivity index (χ4v) is 3.78. The van der Waals surface area contributed by atoms with Crippen molar-refractivity contribution in [2.75, 3.05) is 56.7 Å². The molecule has 0 aromatic heterocycles. The summed E-state index contributed by atoms with van der Waals surface area (Å²) >= 11 is 12.0. The number of benzene rings is 2. The fraction of sp³-hybridized carbons (Fsp3) is 0.391. The highest BCUT2D eigenvalue weighted by molar-refractivity contribution is 6.42. The van der Waals surface area contributed by atoms with E-state index in [0.717, 1.165) is 43.2 Å². The molecule has 2 N–H and O–H groups in total. The van der Waals surface area contributed by atoms with Crippen LogP contribution in [0.4, 0.5) is 11.4 Å². The van der Waals surface area contributed by atoms with E-state index < -0.39 is 0 Å². The molecule has 1 aliphatic rings. The second kappa shape index (κ2) is 11.5. The molecule has 0 unspecified atom stereocenters. The number of hydrogen-bond donors (Lipinski definition) is 2. The van der Waals surface area contributed by atoms with Crippen LogP contribution < -0.4 is 15.5 Å². The Balaban J connectivity index is 1.43. The number of nitrogens with one attached hydrogen (secondary N) is 2. The standard InChI is InChI=1S/C23H28Cl2N4O3/c1-16(17-3-8-20(24)21(25)13-17)26-22(30)14-28(2)15-23(31)27-18-4-6-19(7-5-18)29-9-11-32-12-10-29/h3-8,13,16H,9-12,14-15H2,1-2H3,(H,26,30)(H,27,31)/t16-/m1/s1. The molecule has 0 radical (unpaired) electrons. The van der Waals surface area contributed by atoms with E-state index in [9.17, 15) is 9.59 Å². The third-order valence-corrected chi connectivity index (χ3v) is 5.91. The first-order chi connectivity index (χ1) is 15.3. The summed E-state index contributed by atoms with van der Waals surface area (Å²) in [5.41, 5.74) is 2.68. The SMILES string of the molecule is C[C@@H](NC(=O)CN(C)CC(=O)Nc1ccc(N2CCOCC2)cc1)c1ccc(Cl)c(Cl)c1. The predicted molar refractivity (Wildman–Crippen MR) is 129 cm³/mol. The van der Waals surface area contributed by atoms with Gasteiger partial charge in [-0.3, -0.25) is 14.5 Å². The minimum atomic E-state index is -0.232. The summed E-state index contributed by atoms with van der Waals surface area (Å²) in [7, 11) is 1.73. The molecule has 0 spiro atoms. The van der Waals surface area contributed by atoms with Crippen LogP contribution in [0.3, 0.4) is 0 Å². The first-order valence-corrected chi connectivity index (χ1v) is 11.2. The molecule has 1 saturated heterocycles. The molecule has 2 amide bonds. The minimum absolute atomic E-state index is 0.0923. The second-order valence-electron chi connectivity index (χ2n) is 7.83. The van der Waals surface area contributed by atoms with E-state index in [-0.39, 0.29) is 30.9 Å². The Kier molecular flexibility index (Phi) is 8.75. The van der Waals surface area contributed by atoms with Gasteiger partial charge in [-0.05, 0) is 55.9 Å². The Morgan fingerprint density at radius 3 is 2.34 bits per heavy atom. The van der Waals surface area contributed by atoms with E-state index in [2.05, 4.69) is 15.5 Å². The largest absolute Gasteiger partial charge is 0.378 e. The number of likely N-dealkylation sites (N-methyl/N-ethyl adjacent to an activating group) is 1. The summed E-state index contributed by atoms with van der Waals surface area (Å²) in [5, 5.41) is 6.69. The number of halogens is 2. The Morgan fingerprint density at radius 2 is 1.69 bits per heavy atom. The third-order valence-electron chi connectivity index (χ3n) is 5.18. The lowest BCUT2D eigenvalue weighted by atomic mass is 10.1. The molecule has 0 bridgehead atoms. The Bertz CT molecular complexity index is 933. The number of anilines is 2. The number of amides is 2. The topological polar surface area (TPSA) is 73.9 Å². The number of rotatable bonds is 8. The van der Waals surface area contributed by atoms with Gasteiger partial charge in [0.2, 0.25) is 11.8 Å². The maximum Gasteiger partial charge on any atom is 0.238 e. The normalized spacial score (nSPS) is 14.8. The number of hydrogen-bond acceptors (Lipinski definition) is 5. The zero-order chi connectivity index (χ0) is 23.1. The van der Waals surface area contributed by atoms with Crippen molar-refractivity contribution in [2.24, 2.45) is 0 Å². The van der Waals surface area contributed by atoms with Gasteiger partial charge in [0.25, 0.3) is 0 Å². The summed E-state index contributed by atoms with van der Waals surface area (Å²) in [6, 6.07) is 12.8. The molecule has 7 nitrogen and oxygen atoms in total. The van der Waals surface area contributed by atoms with E-state index in [1.165, 1.54) is 0 Å². The molecule has 1 fully saturated rings. The maximum absolute atomic E-state index is 12.4. The van der Waals surface area contributed by atoms with E-state index >= 15 is 0 Å². The minimum Gasteiger partial charge on any atom is -0.378 e. The molecule has 172 valence electrons. The van der Waals surface area contributed by atoms with Crippen LogP contribution in [0.5, 0.6) is 0 Å². The zero-order valence-electron chi connectivity index (χ0n) is 18.2. The van der Waals surface area contributed by atoms with Gasteiger partial charge in [0.1, 0.15) is 0 Å². The van der Waals surface area contributed by atoms with Crippen LogP contribution >= 0.6 is 23.2 Å². The van der Waals surface area contributed by atoms with Gasteiger partial charge < -0.3 is 20.3 Å². The molecule has 2 aromatic rings. The van der Waals surface area contributed by atoms with Gasteiger partial charge in [-0.15, -0.1) is 0 Å². The first-order valence-electron chi connectivity index (χ1n) is 10.5. The van der Waals surface area contributed by atoms with Gasteiger partial charge in [-0.25, -0.2) is 0 Å². The Labute approximate surface area is 198 Å². The molecule has 1 heterocycles. The number of nitrogens with zero attached hydrogens (tertiary/aromatic N) is 2. The molecule has 2 aromatic carbocycles. The average molecular weight is 479 g/mol. The summed E-state index contributed by atoms with van der Waals surface area (Å²) in [5.74, 6) is -0.370. The summed E-state index contributed by atoms with van der Waals surface area (Å²) in [4.78, 5) is 28.6. The van der Waals surface area contributed by atoms with Crippen molar-refractivity contribution in [2.45, 2.75) is 13.0 Å². The van der Waals surface area contributed by atoms with Crippen LogP contribution in [0.1, 0.15) is 18.5 Å². The predicted octanol–water partition coefficient (Wildman–Crippen LogP) is 3.58. The third kappa shape index (κ3) is 7.10. The summed E-state index contributed by atoms with van der Waals surface area (Å²) in [6.07, 6.45) is 0. The molecule has 1 aliphatic heterocycles. The molecule has 1 atom stereocenters. The van der Waals surface area contributed by atoms with Crippen molar-refractivity contribution in [3.8, 4) is 0 Å². The lowest BCUT2D eigenvalue weighted by Crippen LogP contribution is -2.39. The van der Waals surface area contributed by atoms with E-state index in [1.54, 1.807) is 24.1 Å². The lowest BCUT2D eigenvalue weighted by Gasteiger charge is -2.28. The molecule has 0 saturated carbocycles.